The second kappa shape index (κ2) is 4.17. The monoisotopic (exact) mass is 229 g/mol. The molecular formula is C14H15NO2. The lowest BCUT2D eigenvalue weighted by Crippen LogP contribution is -2.32. The summed E-state index contributed by atoms with van der Waals surface area (Å²) < 4.78 is 5.12. The van der Waals surface area contributed by atoms with Crippen molar-refractivity contribution in [2.24, 2.45) is 4.99 Å². The zero-order chi connectivity index (χ0) is 12.5. The summed E-state index contributed by atoms with van der Waals surface area (Å²) in [5, 5.41) is 0. The maximum absolute atomic E-state index is 11.8. The van der Waals surface area contributed by atoms with Gasteiger partial charge in [-0.05, 0) is 19.4 Å². The van der Waals surface area contributed by atoms with Crippen molar-refractivity contribution in [2.75, 3.05) is 0 Å². The molecule has 1 heterocycles. The van der Waals surface area contributed by atoms with E-state index in [1.54, 1.807) is 13.8 Å². The maximum atomic E-state index is 11.8. The third-order valence-electron chi connectivity index (χ3n) is 2.73. The second-order valence-corrected chi connectivity index (χ2v) is 4.52. The number of hydrogen-bond acceptors (Lipinski definition) is 3. The van der Waals surface area contributed by atoms with Gasteiger partial charge in [0.05, 0.1) is 0 Å². The van der Waals surface area contributed by atoms with Crippen LogP contribution in [0.1, 0.15) is 19.4 Å². The molecule has 1 aromatic rings. The Bertz CT molecular complexity index is 490. The van der Waals surface area contributed by atoms with Gasteiger partial charge in [0.25, 0.3) is 0 Å². The third kappa shape index (κ3) is 2.28. The zero-order valence-corrected chi connectivity index (χ0v) is 10.1. The summed E-state index contributed by atoms with van der Waals surface area (Å²) in [7, 11) is 0. The molecule has 1 aliphatic heterocycles. The van der Waals surface area contributed by atoms with E-state index < -0.39 is 5.54 Å². The molecule has 0 bridgehead atoms. The number of esters is 1. The van der Waals surface area contributed by atoms with Gasteiger partial charge in [-0.3, -0.25) is 0 Å². The molecule has 1 aliphatic rings. The van der Waals surface area contributed by atoms with Crippen LogP contribution >= 0.6 is 0 Å². The number of rotatable bonds is 3. The lowest BCUT2D eigenvalue weighted by molar-refractivity contribution is -0.138. The van der Waals surface area contributed by atoms with E-state index in [4.69, 9.17) is 4.74 Å². The first-order chi connectivity index (χ1) is 8.01. The molecule has 88 valence electrons. The molecule has 3 heteroatoms. The Morgan fingerprint density at radius 1 is 1.41 bits per heavy atom. The van der Waals surface area contributed by atoms with E-state index in [0.29, 0.717) is 17.9 Å². The number of benzene rings is 1. The highest BCUT2D eigenvalue weighted by molar-refractivity contribution is 6.07. The number of hydrogen-bond donors (Lipinski definition) is 0. The predicted octanol–water partition coefficient (Wildman–Crippen LogP) is 2.52. The average molecular weight is 229 g/mol. The van der Waals surface area contributed by atoms with Crippen LogP contribution in [0.5, 0.6) is 0 Å². The van der Waals surface area contributed by atoms with E-state index in [1.165, 1.54) is 0 Å². The van der Waals surface area contributed by atoms with Crippen LogP contribution < -0.4 is 0 Å². The normalized spacial score (nSPS) is 23.2. The van der Waals surface area contributed by atoms with E-state index in [0.717, 1.165) is 5.56 Å². The molecule has 0 aliphatic carbocycles. The van der Waals surface area contributed by atoms with Gasteiger partial charge in [-0.15, -0.1) is 0 Å². The highest BCUT2D eigenvalue weighted by atomic mass is 16.6. The molecule has 0 saturated carbocycles. The predicted molar refractivity (Wildman–Crippen MR) is 66.9 cm³/mol. The van der Waals surface area contributed by atoms with Crippen molar-refractivity contribution in [1.29, 1.82) is 0 Å². The van der Waals surface area contributed by atoms with Crippen molar-refractivity contribution in [3.63, 3.8) is 0 Å². The van der Waals surface area contributed by atoms with Crippen molar-refractivity contribution in [3.8, 4) is 0 Å². The molecule has 0 N–H and O–H groups in total. The second-order valence-electron chi connectivity index (χ2n) is 4.52. The number of carbonyl (C=O) groups is 1. The van der Waals surface area contributed by atoms with Crippen LogP contribution in [-0.2, 0) is 16.0 Å². The van der Waals surface area contributed by atoms with Gasteiger partial charge >= 0.3 is 5.97 Å². The largest absolute Gasteiger partial charge is 0.406 e. The number of carbonyl (C=O) groups excluding carboxylic acids is 1. The van der Waals surface area contributed by atoms with Crippen molar-refractivity contribution in [1.82, 2.24) is 0 Å². The van der Waals surface area contributed by atoms with Crippen molar-refractivity contribution in [3.05, 3.63) is 48.0 Å². The van der Waals surface area contributed by atoms with Gasteiger partial charge in [0.15, 0.2) is 5.54 Å². The number of ether oxygens (including phenoxy) is 1. The van der Waals surface area contributed by atoms with Crippen LogP contribution in [0.2, 0.25) is 0 Å². The SMILES string of the molecule is C=C(C)C1=N[C@@](C)(Cc2ccccc2)C(=O)O1. The zero-order valence-electron chi connectivity index (χ0n) is 10.1. The lowest BCUT2D eigenvalue weighted by atomic mass is 9.94. The van der Waals surface area contributed by atoms with Crippen LogP contribution in [-0.4, -0.2) is 17.4 Å². The molecule has 0 aromatic heterocycles. The quantitative estimate of drug-likeness (QED) is 0.747. The minimum Gasteiger partial charge on any atom is -0.406 e. The first kappa shape index (κ1) is 11.6. The average Bonchev–Trinajstić information content (AvgIpc) is 2.57. The summed E-state index contributed by atoms with van der Waals surface area (Å²) in [6.07, 6.45) is 0.545. The molecule has 1 atom stereocenters. The molecule has 0 unspecified atom stereocenters. The van der Waals surface area contributed by atoms with E-state index >= 15 is 0 Å². The first-order valence-electron chi connectivity index (χ1n) is 5.53. The summed E-state index contributed by atoms with van der Waals surface area (Å²) in [5.41, 5.74) is 0.920. The Morgan fingerprint density at radius 3 is 2.59 bits per heavy atom. The van der Waals surface area contributed by atoms with Gasteiger partial charge in [0, 0.05) is 12.0 Å². The fourth-order valence-electron chi connectivity index (χ4n) is 1.78. The van der Waals surface area contributed by atoms with Crippen LogP contribution in [0.3, 0.4) is 0 Å². The highest BCUT2D eigenvalue weighted by Gasteiger charge is 2.41. The van der Waals surface area contributed by atoms with Gasteiger partial charge in [-0.25, -0.2) is 9.79 Å². The van der Waals surface area contributed by atoms with Crippen LogP contribution in [0.25, 0.3) is 0 Å². The van der Waals surface area contributed by atoms with E-state index in [1.807, 2.05) is 30.3 Å². The molecule has 1 aromatic carbocycles. The number of nitrogens with zero attached hydrogens (tertiary/aromatic N) is 1. The maximum Gasteiger partial charge on any atom is 0.340 e. The van der Waals surface area contributed by atoms with E-state index in [-0.39, 0.29) is 5.97 Å². The molecule has 0 radical (unpaired) electrons. The van der Waals surface area contributed by atoms with Gasteiger partial charge in [-0.2, -0.15) is 0 Å². The molecule has 3 nitrogen and oxygen atoms in total. The fourth-order valence-corrected chi connectivity index (χ4v) is 1.78. The molecule has 0 saturated heterocycles. The van der Waals surface area contributed by atoms with E-state index in [9.17, 15) is 4.79 Å². The highest BCUT2D eigenvalue weighted by Crippen LogP contribution is 2.26. The Labute approximate surface area is 101 Å². The van der Waals surface area contributed by atoms with Crippen LogP contribution in [0.15, 0.2) is 47.5 Å². The number of cyclic esters (lactones) is 1. The van der Waals surface area contributed by atoms with Gasteiger partial charge in [0.2, 0.25) is 5.90 Å². The summed E-state index contributed by atoms with van der Waals surface area (Å²) in [6, 6.07) is 9.80. The Balaban J connectivity index is 2.25. The van der Waals surface area contributed by atoms with Gasteiger partial charge in [-0.1, -0.05) is 36.9 Å². The molecular weight excluding hydrogens is 214 g/mol. The van der Waals surface area contributed by atoms with Crippen LogP contribution in [0, 0.1) is 0 Å². The summed E-state index contributed by atoms with van der Waals surface area (Å²) in [6.45, 7) is 7.30. The number of aliphatic imine (C=N–C) groups is 1. The molecule has 0 amide bonds. The Hall–Kier alpha value is -1.90. The van der Waals surface area contributed by atoms with Crippen molar-refractivity contribution < 1.29 is 9.53 Å². The topological polar surface area (TPSA) is 38.7 Å². The third-order valence-corrected chi connectivity index (χ3v) is 2.73. The summed E-state index contributed by atoms with van der Waals surface area (Å²) in [5.74, 6) is 0.0489. The molecule has 0 fully saturated rings. The van der Waals surface area contributed by atoms with Crippen molar-refractivity contribution >= 4 is 11.9 Å². The molecule has 2 rings (SSSR count). The minimum atomic E-state index is -0.824. The van der Waals surface area contributed by atoms with E-state index in [2.05, 4.69) is 11.6 Å². The van der Waals surface area contributed by atoms with Gasteiger partial charge < -0.3 is 4.74 Å². The molecule has 0 spiro atoms. The van der Waals surface area contributed by atoms with Crippen LogP contribution in [0.4, 0.5) is 0 Å². The minimum absolute atomic E-state index is 0.306. The fraction of sp³-hybridized carbons (Fsp3) is 0.286. The Morgan fingerprint density at radius 2 is 2.06 bits per heavy atom. The Kier molecular flexibility index (Phi) is 2.84. The first-order valence-corrected chi connectivity index (χ1v) is 5.53. The van der Waals surface area contributed by atoms with Gasteiger partial charge in [0.1, 0.15) is 0 Å². The smallest absolute Gasteiger partial charge is 0.340 e. The van der Waals surface area contributed by atoms with Crippen molar-refractivity contribution in [2.45, 2.75) is 25.8 Å². The standard InChI is InChI=1S/C14H15NO2/c1-10(2)12-15-14(3,13(16)17-12)9-11-7-5-4-6-8-11/h4-8H,1,9H2,2-3H3/t14-/m0/s1. The summed E-state index contributed by atoms with van der Waals surface area (Å²) in [4.78, 5) is 16.2. The lowest BCUT2D eigenvalue weighted by Gasteiger charge is -2.15. The molecule has 17 heavy (non-hydrogen) atoms. The summed E-state index contributed by atoms with van der Waals surface area (Å²) >= 11 is 0.